The van der Waals surface area contributed by atoms with E-state index >= 15 is 0 Å². The molecule has 7 nitrogen and oxygen atoms in total. The Morgan fingerprint density at radius 1 is 1.42 bits per heavy atom. The monoisotopic (exact) mass is 328 g/mol. The van der Waals surface area contributed by atoms with Gasteiger partial charge in [-0.15, -0.1) is 0 Å². The van der Waals surface area contributed by atoms with Crippen LogP contribution in [0.1, 0.15) is 47.9 Å². The summed E-state index contributed by atoms with van der Waals surface area (Å²) in [7, 11) is 1.82. The largest absolute Gasteiger partial charge is 0.372 e. The first-order chi connectivity index (χ1) is 11.6. The fourth-order valence-corrected chi connectivity index (χ4v) is 3.35. The highest BCUT2D eigenvalue weighted by Crippen LogP contribution is 2.31. The van der Waals surface area contributed by atoms with Crippen LogP contribution >= 0.6 is 0 Å². The molecule has 128 valence electrons. The number of carbonyl (C=O) groups is 1. The maximum Gasteiger partial charge on any atom is 0.223 e. The third kappa shape index (κ3) is 3.25. The van der Waals surface area contributed by atoms with Gasteiger partial charge in [-0.3, -0.25) is 14.9 Å². The summed E-state index contributed by atoms with van der Waals surface area (Å²) >= 11 is 0. The summed E-state index contributed by atoms with van der Waals surface area (Å²) in [5, 5.41) is 10.2. The lowest BCUT2D eigenvalue weighted by atomic mass is 10.1. The molecule has 1 aliphatic heterocycles. The summed E-state index contributed by atoms with van der Waals surface area (Å²) in [5.74, 6) is 0.908. The predicted molar refractivity (Wildman–Crippen MR) is 91.6 cm³/mol. The van der Waals surface area contributed by atoms with E-state index in [4.69, 9.17) is 0 Å². The van der Waals surface area contributed by atoms with Crippen LogP contribution in [0.25, 0.3) is 0 Å². The summed E-state index contributed by atoms with van der Waals surface area (Å²) in [6, 6.07) is 0.0323. The summed E-state index contributed by atoms with van der Waals surface area (Å²) in [6.07, 6.45) is 6.62. The lowest BCUT2D eigenvalue weighted by Crippen LogP contribution is -2.31. The molecule has 0 bridgehead atoms. The van der Waals surface area contributed by atoms with Crippen molar-refractivity contribution in [1.82, 2.24) is 25.1 Å². The number of carbonyl (C=O) groups excluding carboxylic acids is 1. The molecule has 1 aliphatic rings. The van der Waals surface area contributed by atoms with Gasteiger partial charge in [-0.2, -0.15) is 5.10 Å². The average Bonchev–Trinajstić information content (AvgIpc) is 3.20. The van der Waals surface area contributed by atoms with Crippen LogP contribution in [0.15, 0.2) is 12.4 Å². The molecular formula is C17H24N6O. The summed E-state index contributed by atoms with van der Waals surface area (Å²) in [4.78, 5) is 23.5. The van der Waals surface area contributed by atoms with Crippen LogP contribution in [0.2, 0.25) is 0 Å². The fourth-order valence-electron chi connectivity index (χ4n) is 3.35. The fraction of sp³-hybridized carbons (Fsp3) is 0.529. The van der Waals surface area contributed by atoms with Gasteiger partial charge in [-0.1, -0.05) is 0 Å². The van der Waals surface area contributed by atoms with Gasteiger partial charge in [0.2, 0.25) is 5.91 Å². The van der Waals surface area contributed by atoms with E-state index in [1.165, 1.54) is 0 Å². The number of nitrogens with zero attached hydrogens (tertiary/aromatic N) is 4. The van der Waals surface area contributed by atoms with Crippen molar-refractivity contribution in [1.29, 1.82) is 0 Å². The molecular weight excluding hydrogens is 304 g/mol. The minimum absolute atomic E-state index is 0.0323. The van der Waals surface area contributed by atoms with Crippen molar-refractivity contribution in [2.45, 2.75) is 45.6 Å². The molecule has 1 amide bonds. The Hall–Kier alpha value is -2.44. The second-order valence-electron chi connectivity index (χ2n) is 6.24. The van der Waals surface area contributed by atoms with Gasteiger partial charge in [0.05, 0.1) is 29.8 Å². The van der Waals surface area contributed by atoms with E-state index in [0.29, 0.717) is 6.42 Å². The Labute approximate surface area is 141 Å². The maximum atomic E-state index is 12.7. The normalized spacial score (nSPS) is 17.3. The lowest BCUT2D eigenvalue weighted by molar-refractivity contribution is -0.132. The number of anilines is 1. The van der Waals surface area contributed by atoms with Crippen LogP contribution in [0.5, 0.6) is 0 Å². The van der Waals surface area contributed by atoms with Gasteiger partial charge in [0.1, 0.15) is 5.82 Å². The van der Waals surface area contributed by atoms with E-state index in [0.717, 1.165) is 54.3 Å². The summed E-state index contributed by atoms with van der Waals surface area (Å²) < 4.78 is 0. The zero-order valence-electron chi connectivity index (χ0n) is 14.5. The average molecular weight is 328 g/mol. The van der Waals surface area contributed by atoms with E-state index in [-0.39, 0.29) is 11.9 Å². The van der Waals surface area contributed by atoms with Crippen molar-refractivity contribution >= 4 is 11.7 Å². The number of hydrogen-bond donors (Lipinski definition) is 2. The Morgan fingerprint density at radius 3 is 2.96 bits per heavy atom. The molecule has 3 heterocycles. The molecule has 3 rings (SSSR count). The SMILES string of the molecule is CNc1cncc([C@@H]2CCCN2C(=O)CCc2c(C)n[nH]c2C)n1. The number of nitrogens with one attached hydrogen (secondary N) is 2. The first kappa shape index (κ1) is 16.4. The van der Waals surface area contributed by atoms with Crippen LogP contribution in [-0.4, -0.2) is 44.6 Å². The quantitative estimate of drug-likeness (QED) is 0.878. The first-order valence-corrected chi connectivity index (χ1v) is 8.39. The van der Waals surface area contributed by atoms with Gasteiger partial charge in [-0.25, -0.2) is 4.98 Å². The lowest BCUT2D eigenvalue weighted by Gasteiger charge is -2.24. The zero-order valence-corrected chi connectivity index (χ0v) is 14.5. The Kier molecular flexibility index (Phi) is 4.78. The van der Waals surface area contributed by atoms with Crippen LogP contribution < -0.4 is 5.32 Å². The highest BCUT2D eigenvalue weighted by atomic mass is 16.2. The molecule has 0 aliphatic carbocycles. The van der Waals surface area contributed by atoms with Gasteiger partial charge < -0.3 is 10.2 Å². The third-order valence-electron chi connectivity index (χ3n) is 4.69. The Bertz CT molecular complexity index is 706. The standard InChI is InChI=1S/C17H24N6O/c1-11-13(12(2)22-21-11)6-7-17(24)23-8-4-5-15(23)14-9-19-10-16(18-3)20-14/h9-10,15H,4-8H2,1-3H3,(H,18,20)(H,21,22)/t15-/m0/s1. The highest BCUT2D eigenvalue weighted by molar-refractivity contribution is 5.77. The minimum atomic E-state index is 0.0323. The Morgan fingerprint density at radius 2 is 2.25 bits per heavy atom. The van der Waals surface area contributed by atoms with Gasteiger partial charge in [0, 0.05) is 25.7 Å². The van der Waals surface area contributed by atoms with Gasteiger partial charge in [0.25, 0.3) is 0 Å². The van der Waals surface area contributed by atoms with Crippen molar-refractivity contribution in [2.75, 3.05) is 18.9 Å². The van der Waals surface area contributed by atoms with E-state index in [2.05, 4.69) is 25.5 Å². The highest BCUT2D eigenvalue weighted by Gasteiger charge is 2.31. The zero-order chi connectivity index (χ0) is 17.1. The Balaban J connectivity index is 1.69. The van der Waals surface area contributed by atoms with Crippen LogP contribution in [0.4, 0.5) is 5.82 Å². The van der Waals surface area contributed by atoms with Crippen molar-refractivity contribution in [2.24, 2.45) is 0 Å². The van der Waals surface area contributed by atoms with Crippen LogP contribution in [0, 0.1) is 13.8 Å². The molecule has 0 aromatic carbocycles. The number of aromatic nitrogens is 4. The smallest absolute Gasteiger partial charge is 0.223 e. The molecule has 1 fully saturated rings. The second-order valence-corrected chi connectivity index (χ2v) is 6.24. The number of rotatable bonds is 5. The van der Waals surface area contributed by atoms with Crippen LogP contribution in [-0.2, 0) is 11.2 Å². The van der Waals surface area contributed by atoms with E-state index in [1.807, 2.05) is 25.8 Å². The second kappa shape index (κ2) is 6.98. The molecule has 0 unspecified atom stereocenters. The van der Waals surface area contributed by atoms with Gasteiger partial charge in [0.15, 0.2) is 0 Å². The van der Waals surface area contributed by atoms with Crippen molar-refractivity contribution in [3.05, 3.63) is 35.0 Å². The number of amides is 1. The molecule has 1 saturated heterocycles. The van der Waals surface area contributed by atoms with Crippen molar-refractivity contribution in [3.8, 4) is 0 Å². The molecule has 2 aromatic rings. The summed E-state index contributed by atoms with van der Waals surface area (Å²) in [6.45, 7) is 4.76. The van der Waals surface area contributed by atoms with Gasteiger partial charge in [-0.05, 0) is 38.7 Å². The number of likely N-dealkylation sites (tertiary alicyclic amines) is 1. The topological polar surface area (TPSA) is 86.8 Å². The molecule has 1 atom stereocenters. The molecule has 0 spiro atoms. The maximum absolute atomic E-state index is 12.7. The van der Waals surface area contributed by atoms with Crippen LogP contribution in [0.3, 0.4) is 0 Å². The van der Waals surface area contributed by atoms with E-state index in [1.54, 1.807) is 12.4 Å². The molecule has 0 saturated carbocycles. The minimum Gasteiger partial charge on any atom is -0.372 e. The predicted octanol–water partition coefficient (Wildman–Crippen LogP) is 2.15. The number of aryl methyl sites for hydroxylation is 2. The summed E-state index contributed by atoms with van der Waals surface area (Å²) in [5.41, 5.74) is 4.04. The number of H-pyrrole nitrogens is 1. The number of aromatic amines is 1. The first-order valence-electron chi connectivity index (χ1n) is 8.39. The van der Waals surface area contributed by atoms with E-state index in [9.17, 15) is 4.79 Å². The molecule has 2 N–H and O–H groups in total. The van der Waals surface area contributed by atoms with Gasteiger partial charge >= 0.3 is 0 Å². The van der Waals surface area contributed by atoms with Crippen molar-refractivity contribution in [3.63, 3.8) is 0 Å². The molecule has 0 radical (unpaired) electrons. The molecule has 24 heavy (non-hydrogen) atoms. The molecule has 2 aromatic heterocycles. The third-order valence-corrected chi connectivity index (χ3v) is 4.69. The molecule has 7 heteroatoms. The van der Waals surface area contributed by atoms with Crippen molar-refractivity contribution < 1.29 is 4.79 Å². The number of hydrogen-bond acceptors (Lipinski definition) is 5. The van der Waals surface area contributed by atoms with E-state index < -0.39 is 0 Å².